The first kappa shape index (κ1) is 29.4. The Hall–Kier alpha value is -4.66. The Labute approximate surface area is 258 Å². The molecule has 1 fully saturated rings. The molecule has 0 radical (unpaired) electrons. The zero-order valence-corrected chi connectivity index (χ0v) is 25.3. The quantitative estimate of drug-likeness (QED) is 0.187. The van der Waals surface area contributed by atoms with Crippen molar-refractivity contribution in [3.05, 3.63) is 105 Å². The van der Waals surface area contributed by atoms with E-state index in [1.165, 1.54) is 13.2 Å². The number of aryl methyl sites for hydroxylation is 1. The third-order valence-corrected chi connectivity index (χ3v) is 8.99. The largest absolute Gasteiger partial charge is 0.473 e. The van der Waals surface area contributed by atoms with Gasteiger partial charge in [-0.1, -0.05) is 12.1 Å². The lowest BCUT2D eigenvalue weighted by Crippen LogP contribution is -2.33. The molecular weight excluding hydrogens is 579 g/mol. The van der Waals surface area contributed by atoms with Crippen molar-refractivity contribution in [2.75, 3.05) is 20.2 Å². The Morgan fingerprint density at radius 2 is 1.95 bits per heavy atom. The van der Waals surface area contributed by atoms with Gasteiger partial charge in [0.2, 0.25) is 5.88 Å². The molecule has 11 heteroatoms. The molecule has 6 rings (SSSR count). The molecule has 2 aromatic carbocycles. The van der Waals surface area contributed by atoms with Gasteiger partial charge in [-0.05, 0) is 69.3 Å². The van der Waals surface area contributed by atoms with Gasteiger partial charge in [0.15, 0.2) is 0 Å². The topological polar surface area (TPSA) is 106 Å². The minimum atomic E-state index is -0.466. The number of esters is 1. The Morgan fingerprint density at radius 3 is 2.68 bits per heavy atom. The van der Waals surface area contributed by atoms with Crippen LogP contribution in [-0.4, -0.2) is 50.6 Å². The van der Waals surface area contributed by atoms with Crippen molar-refractivity contribution in [2.45, 2.75) is 45.4 Å². The van der Waals surface area contributed by atoms with E-state index in [1.807, 2.05) is 42.8 Å². The van der Waals surface area contributed by atoms with Gasteiger partial charge in [0.05, 0.1) is 59.6 Å². The van der Waals surface area contributed by atoms with Crippen molar-refractivity contribution >= 4 is 28.3 Å². The van der Waals surface area contributed by atoms with Crippen LogP contribution in [0.5, 0.6) is 5.88 Å². The minimum absolute atomic E-state index is 0.0373. The van der Waals surface area contributed by atoms with Crippen LogP contribution in [0, 0.1) is 24.1 Å². The molecule has 1 aliphatic heterocycles. The number of pyridine rings is 1. The monoisotopic (exact) mass is 610 g/mol. The molecular formula is C33H31FN6O3S. The molecule has 0 N–H and O–H groups in total. The zero-order chi connectivity index (χ0) is 30.6. The standard InChI is InChI=1S/C33H31FN6O3S/c1-21-30(44-20-36-21)17-40-29-15-24(33(41)42-2)8-9-28(29)37-31(40)18-39-12-10-23(11-13-39)27-4-3-5-32(38-27)43-19-25-7-6-22(16-35)14-26(25)34/h3-9,14-15,20,23H,10-13,17-19H2,1-2H3. The summed E-state index contributed by atoms with van der Waals surface area (Å²) in [6, 6.07) is 17.5. The van der Waals surface area contributed by atoms with Crippen LogP contribution in [0.25, 0.3) is 11.0 Å². The highest BCUT2D eigenvalue weighted by atomic mass is 32.1. The summed E-state index contributed by atoms with van der Waals surface area (Å²) in [6.45, 7) is 5.12. The number of benzene rings is 2. The van der Waals surface area contributed by atoms with E-state index in [9.17, 15) is 9.18 Å². The summed E-state index contributed by atoms with van der Waals surface area (Å²) >= 11 is 1.62. The Kier molecular flexibility index (Phi) is 8.63. The number of halogens is 1. The van der Waals surface area contributed by atoms with Crippen molar-refractivity contribution in [1.82, 2.24) is 24.4 Å². The highest BCUT2D eigenvalue weighted by Gasteiger charge is 2.24. The second kappa shape index (κ2) is 12.9. The SMILES string of the molecule is COC(=O)c1ccc2nc(CN3CCC(c4cccc(OCc5ccc(C#N)cc5F)n4)CC3)n(Cc3scnc3C)c2c1. The van der Waals surface area contributed by atoms with Crippen molar-refractivity contribution < 1.29 is 18.7 Å². The number of carbonyl (C=O) groups excluding carboxylic acids is 1. The summed E-state index contributed by atoms with van der Waals surface area (Å²) in [5, 5.41) is 8.96. The van der Waals surface area contributed by atoms with Gasteiger partial charge < -0.3 is 14.0 Å². The fraction of sp³-hybridized carbons (Fsp3) is 0.303. The first-order valence-corrected chi connectivity index (χ1v) is 15.3. The van der Waals surface area contributed by atoms with E-state index >= 15 is 0 Å². The predicted molar refractivity (Wildman–Crippen MR) is 164 cm³/mol. The number of aromatic nitrogens is 4. The molecule has 5 aromatic rings. The molecule has 0 saturated carbocycles. The van der Waals surface area contributed by atoms with Gasteiger partial charge in [0.1, 0.15) is 18.2 Å². The molecule has 4 heterocycles. The van der Waals surface area contributed by atoms with E-state index in [0.29, 0.717) is 30.1 Å². The van der Waals surface area contributed by atoms with Crippen molar-refractivity contribution in [3.8, 4) is 11.9 Å². The number of imidazole rings is 1. The number of nitriles is 1. The predicted octanol–water partition coefficient (Wildman–Crippen LogP) is 6.00. The number of piperidine rings is 1. The number of methoxy groups -OCH3 is 1. The average molecular weight is 611 g/mol. The van der Waals surface area contributed by atoms with E-state index in [1.54, 1.807) is 35.6 Å². The van der Waals surface area contributed by atoms with Crippen LogP contribution in [0.3, 0.4) is 0 Å². The van der Waals surface area contributed by atoms with Crippen LogP contribution >= 0.6 is 11.3 Å². The Morgan fingerprint density at radius 1 is 1.11 bits per heavy atom. The molecule has 0 amide bonds. The molecule has 224 valence electrons. The van der Waals surface area contributed by atoms with Crippen LogP contribution in [0.2, 0.25) is 0 Å². The minimum Gasteiger partial charge on any atom is -0.473 e. The molecule has 0 aliphatic carbocycles. The van der Waals surface area contributed by atoms with E-state index in [-0.39, 0.29) is 24.1 Å². The second-order valence-electron chi connectivity index (χ2n) is 10.8. The summed E-state index contributed by atoms with van der Waals surface area (Å²) < 4.78 is 27.2. The third kappa shape index (κ3) is 6.32. The first-order chi connectivity index (χ1) is 21.4. The Balaban J connectivity index is 1.14. The average Bonchev–Trinajstić information content (AvgIpc) is 3.62. The molecule has 0 bridgehead atoms. The van der Waals surface area contributed by atoms with Gasteiger partial charge in [0.25, 0.3) is 0 Å². The summed E-state index contributed by atoms with van der Waals surface area (Å²) in [6.07, 6.45) is 1.86. The van der Waals surface area contributed by atoms with Gasteiger partial charge in [-0.15, -0.1) is 11.3 Å². The lowest BCUT2D eigenvalue weighted by molar-refractivity contribution is 0.0601. The van der Waals surface area contributed by atoms with E-state index in [4.69, 9.17) is 24.7 Å². The zero-order valence-electron chi connectivity index (χ0n) is 24.5. The maximum absolute atomic E-state index is 14.3. The molecule has 0 atom stereocenters. The van der Waals surface area contributed by atoms with Crippen LogP contribution in [-0.2, 0) is 24.4 Å². The summed E-state index contributed by atoms with van der Waals surface area (Å²) in [4.78, 5) is 30.0. The number of fused-ring (bicyclic) bond motifs is 1. The molecule has 0 spiro atoms. The van der Waals surface area contributed by atoms with Crippen molar-refractivity contribution in [2.24, 2.45) is 0 Å². The lowest BCUT2D eigenvalue weighted by Gasteiger charge is -2.31. The molecule has 1 saturated heterocycles. The number of rotatable bonds is 9. The number of ether oxygens (including phenoxy) is 2. The van der Waals surface area contributed by atoms with Crippen molar-refractivity contribution in [3.63, 3.8) is 0 Å². The highest BCUT2D eigenvalue weighted by Crippen LogP contribution is 2.30. The lowest BCUT2D eigenvalue weighted by atomic mass is 9.93. The normalized spacial score (nSPS) is 14.0. The number of hydrogen-bond donors (Lipinski definition) is 0. The summed E-state index contributed by atoms with van der Waals surface area (Å²) in [5.74, 6) is 0.834. The highest BCUT2D eigenvalue weighted by molar-refractivity contribution is 7.09. The van der Waals surface area contributed by atoms with Crippen LogP contribution < -0.4 is 4.74 Å². The van der Waals surface area contributed by atoms with Crippen LogP contribution in [0.15, 0.2) is 60.1 Å². The molecule has 1 aliphatic rings. The first-order valence-electron chi connectivity index (χ1n) is 14.4. The van der Waals surface area contributed by atoms with E-state index in [0.717, 1.165) is 59.1 Å². The molecule has 9 nitrogen and oxygen atoms in total. The van der Waals surface area contributed by atoms with Crippen molar-refractivity contribution in [1.29, 1.82) is 5.26 Å². The third-order valence-electron chi connectivity index (χ3n) is 8.07. The molecule has 0 unspecified atom stereocenters. The van der Waals surface area contributed by atoms with E-state index in [2.05, 4.69) is 14.5 Å². The fourth-order valence-electron chi connectivity index (χ4n) is 5.55. The van der Waals surface area contributed by atoms with Crippen LogP contribution in [0.1, 0.15) is 62.3 Å². The fourth-order valence-corrected chi connectivity index (χ4v) is 6.31. The van der Waals surface area contributed by atoms with Gasteiger partial charge in [-0.25, -0.2) is 24.1 Å². The maximum Gasteiger partial charge on any atom is 0.337 e. The number of likely N-dealkylation sites (tertiary alicyclic amines) is 1. The van der Waals surface area contributed by atoms with E-state index < -0.39 is 5.82 Å². The number of hydrogen-bond acceptors (Lipinski definition) is 9. The van der Waals surface area contributed by atoms with Crippen LogP contribution in [0.4, 0.5) is 4.39 Å². The number of thiazole rings is 1. The van der Waals surface area contributed by atoms with Gasteiger partial charge >= 0.3 is 5.97 Å². The second-order valence-corrected chi connectivity index (χ2v) is 11.8. The molecule has 44 heavy (non-hydrogen) atoms. The smallest absolute Gasteiger partial charge is 0.337 e. The number of nitrogens with zero attached hydrogens (tertiary/aromatic N) is 6. The summed E-state index contributed by atoms with van der Waals surface area (Å²) in [7, 11) is 1.39. The summed E-state index contributed by atoms with van der Waals surface area (Å²) in [5.41, 5.74) is 6.70. The van der Waals surface area contributed by atoms with Gasteiger partial charge in [-0.3, -0.25) is 4.90 Å². The number of carbonyl (C=O) groups is 1. The molecule has 3 aromatic heterocycles. The van der Waals surface area contributed by atoms with Gasteiger partial charge in [0, 0.05) is 28.1 Å². The Bertz CT molecular complexity index is 1850. The maximum atomic E-state index is 14.3. The van der Waals surface area contributed by atoms with Gasteiger partial charge in [-0.2, -0.15) is 5.26 Å².